The Kier molecular flexibility index (Phi) is 3.73. The molecule has 4 rings (SSSR count). The van der Waals surface area contributed by atoms with Crippen molar-refractivity contribution in [3.63, 3.8) is 0 Å². The van der Waals surface area contributed by atoms with Gasteiger partial charge in [0.05, 0.1) is 17.2 Å². The van der Waals surface area contributed by atoms with Gasteiger partial charge in [0, 0.05) is 28.5 Å². The van der Waals surface area contributed by atoms with Gasteiger partial charge in [0.1, 0.15) is 0 Å². The van der Waals surface area contributed by atoms with Gasteiger partial charge in [-0.1, -0.05) is 37.6 Å². The molecule has 2 saturated heterocycles. The van der Waals surface area contributed by atoms with E-state index in [1.54, 1.807) is 0 Å². The van der Waals surface area contributed by atoms with Crippen molar-refractivity contribution in [2.45, 2.75) is 63.1 Å². The number of benzene rings is 2. The minimum absolute atomic E-state index is 0.414. The first-order chi connectivity index (χ1) is 11.6. The fraction of sp³-hybridized carbons (Fsp3) is 0.476. The molecule has 3 nitrogen and oxygen atoms in total. The minimum Gasteiger partial charge on any atom is -0.390 e. The fourth-order valence-electron chi connectivity index (χ4n) is 4.99. The molecule has 0 spiro atoms. The summed E-state index contributed by atoms with van der Waals surface area (Å²) in [5.74, 6) is 0. The van der Waals surface area contributed by atoms with Crippen molar-refractivity contribution < 1.29 is 5.11 Å². The molecule has 0 aromatic heterocycles. The molecule has 2 aliphatic rings. The Morgan fingerprint density at radius 1 is 1.12 bits per heavy atom. The maximum atomic E-state index is 10.9. The van der Waals surface area contributed by atoms with Crippen molar-refractivity contribution in [1.29, 1.82) is 5.26 Å². The molecule has 2 aliphatic heterocycles. The smallest absolute Gasteiger partial charge is 0.0998 e. The summed E-state index contributed by atoms with van der Waals surface area (Å²) in [5.41, 5.74) is 1.48. The summed E-state index contributed by atoms with van der Waals surface area (Å²) in [5, 5.41) is 22.5. The number of hydrogen-bond acceptors (Lipinski definition) is 3. The highest BCUT2D eigenvalue weighted by Crippen LogP contribution is 2.46. The number of hydrogen-bond donors (Lipinski definition) is 1. The van der Waals surface area contributed by atoms with Crippen LogP contribution in [0.3, 0.4) is 0 Å². The van der Waals surface area contributed by atoms with Crippen LogP contribution in [0.15, 0.2) is 36.4 Å². The van der Waals surface area contributed by atoms with E-state index in [2.05, 4.69) is 30.0 Å². The summed E-state index contributed by atoms with van der Waals surface area (Å²) < 4.78 is 0. The van der Waals surface area contributed by atoms with E-state index >= 15 is 0 Å². The highest BCUT2D eigenvalue weighted by Gasteiger charge is 2.47. The first-order valence-electron chi connectivity index (χ1n) is 9.08. The fourth-order valence-corrected chi connectivity index (χ4v) is 4.99. The van der Waals surface area contributed by atoms with Crippen LogP contribution in [0.1, 0.15) is 51.0 Å². The molecule has 2 aromatic carbocycles. The molecule has 1 N–H and O–H groups in total. The number of piperidine rings is 1. The van der Waals surface area contributed by atoms with Gasteiger partial charge in [0.2, 0.25) is 0 Å². The third kappa shape index (κ3) is 2.37. The molecule has 0 aliphatic carbocycles. The number of nitriles is 1. The molecule has 0 saturated carbocycles. The van der Waals surface area contributed by atoms with E-state index < -0.39 is 5.60 Å². The van der Waals surface area contributed by atoms with Crippen LogP contribution in [-0.2, 0) is 0 Å². The van der Waals surface area contributed by atoms with E-state index in [-0.39, 0.29) is 0 Å². The first-order valence-corrected chi connectivity index (χ1v) is 9.08. The van der Waals surface area contributed by atoms with Crippen molar-refractivity contribution in [2.24, 2.45) is 0 Å². The third-order valence-corrected chi connectivity index (χ3v) is 5.87. The van der Waals surface area contributed by atoms with Gasteiger partial charge < -0.3 is 10.0 Å². The summed E-state index contributed by atoms with van der Waals surface area (Å²) in [6.07, 6.45) is 5.99. The maximum absolute atomic E-state index is 10.9. The molecule has 124 valence electrons. The normalized spacial score (nSPS) is 29.0. The second kappa shape index (κ2) is 5.79. The molecule has 2 bridgehead atoms. The van der Waals surface area contributed by atoms with Gasteiger partial charge in [0.15, 0.2) is 0 Å². The van der Waals surface area contributed by atoms with Gasteiger partial charge in [0.25, 0.3) is 0 Å². The van der Waals surface area contributed by atoms with Gasteiger partial charge in [-0.15, -0.1) is 0 Å². The monoisotopic (exact) mass is 320 g/mol. The van der Waals surface area contributed by atoms with Gasteiger partial charge in [-0.05, 0) is 44.2 Å². The molecular formula is C21H24N2O. The first kappa shape index (κ1) is 15.5. The molecule has 2 aromatic rings. The molecule has 3 heteroatoms. The number of aliphatic hydroxyl groups is 1. The van der Waals surface area contributed by atoms with E-state index in [1.807, 2.05) is 24.3 Å². The van der Waals surface area contributed by atoms with Crippen molar-refractivity contribution in [1.82, 2.24) is 0 Å². The second-order valence-corrected chi connectivity index (χ2v) is 7.46. The average Bonchev–Trinajstić information content (AvgIpc) is 2.86. The summed E-state index contributed by atoms with van der Waals surface area (Å²) >= 11 is 0. The zero-order valence-corrected chi connectivity index (χ0v) is 14.2. The predicted molar refractivity (Wildman–Crippen MR) is 97.0 cm³/mol. The lowest BCUT2D eigenvalue weighted by molar-refractivity contribution is -0.00644. The van der Waals surface area contributed by atoms with E-state index in [0.29, 0.717) is 12.1 Å². The van der Waals surface area contributed by atoms with Crippen molar-refractivity contribution in [3.8, 4) is 6.07 Å². The van der Waals surface area contributed by atoms with E-state index in [9.17, 15) is 10.4 Å². The number of nitrogens with zero attached hydrogens (tertiary/aromatic N) is 2. The van der Waals surface area contributed by atoms with Gasteiger partial charge in [-0.2, -0.15) is 5.26 Å². The topological polar surface area (TPSA) is 47.3 Å². The highest BCUT2D eigenvalue weighted by atomic mass is 16.3. The molecule has 2 heterocycles. The SMILES string of the molecule is CCCC1(O)C[C@H]2CC[C@H](C1)N2c1ccc(C#N)c2ccccc12. The number of fused-ring (bicyclic) bond motifs is 3. The van der Waals surface area contributed by atoms with Crippen molar-refractivity contribution >= 4 is 16.5 Å². The Morgan fingerprint density at radius 3 is 2.42 bits per heavy atom. The quantitative estimate of drug-likeness (QED) is 0.913. The molecule has 2 atom stereocenters. The maximum Gasteiger partial charge on any atom is 0.0998 e. The standard InChI is InChI=1S/C21H24N2O/c1-2-11-21(24)12-16-8-9-17(13-21)23(16)20-10-7-15(14-22)18-5-3-4-6-19(18)20/h3-7,10,16-17,24H,2,8-9,11-13H2,1H3/t16-,17-/m1/s1. The average molecular weight is 320 g/mol. The molecule has 0 radical (unpaired) electrons. The van der Waals surface area contributed by atoms with Crippen LogP contribution < -0.4 is 4.90 Å². The Morgan fingerprint density at radius 2 is 1.79 bits per heavy atom. The Labute approximate surface area is 143 Å². The number of anilines is 1. The second-order valence-electron chi connectivity index (χ2n) is 7.46. The lowest BCUT2D eigenvalue weighted by atomic mass is 9.82. The predicted octanol–water partition coefficient (Wildman–Crippen LogP) is 4.37. The van der Waals surface area contributed by atoms with Crippen LogP contribution in [0.4, 0.5) is 5.69 Å². The van der Waals surface area contributed by atoms with E-state index in [4.69, 9.17) is 0 Å². The third-order valence-electron chi connectivity index (χ3n) is 5.87. The van der Waals surface area contributed by atoms with Gasteiger partial charge in [-0.25, -0.2) is 0 Å². The summed E-state index contributed by atoms with van der Waals surface area (Å²) in [7, 11) is 0. The number of rotatable bonds is 3. The van der Waals surface area contributed by atoms with Crippen LogP contribution in [0.25, 0.3) is 10.8 Å². The molecular weight excluding hydrogens is 296 g/mol. The summed E-state index contributed by atoms with van der Waals surface area (Å²) in [4.78, 5) is 2.54. The Bertz CT molecular complexity index is 793. The summed E-state index contributed by atoms with van der Waals surface area (Å²) in [6.45, 7) is 2.15. The van der Waals surface area contributed by atoms with Crippen LogP contribution in [0.5, 0.6) is 0 Å². The van der Waals surface area contributed by atoms with Crippen LogP contribution >= 0.6 is 0 Å². The van der Waals surface area contributed by atoms with Crippen molar-refractivity contribution in [3.05, 3.63) is 42.0 Å². The zero-order chi connectivity index (χ0) is 16.7. The van der Waals surface area contributed by atoms with E-state index in [1.165, 1.54) is 5.69 Å². The van der Waals surface area contributed by atoms with Crippen molar-refractivity contribution in [2.75, 3.05) is 4.90 Å². The van der Waals surface area contributed by atoms with E-state index in [0.717, 1.165) is 54.9 Å². The lowest BCUT2D eigenvalue weighted by Gasteiger charge is -2.45. The van der Waals surface area contributed by atoms with Gasteiger partial charge >= 0.3 is 0 Å². The molecule has 0 amide bonds. The largest absolute Gasteiger partial charge is 0.390 e. The zero-order valence-electron chi connectivity index (χ0n) is 14.2. The highest BCUT2D eigenvalue weighted by molar-refractivity contribution is 5.98. The Hall–Kier alpha value is -2.05. The molecule has 24 heavy (non-hydrogen) atoms. The minimum atomic E-state index is -0.487. The van der Waals surface area contributed by atoms with Crippen LogP contribution in [-0.4, -0.2) is 22.8 Å². The van der Waals surface area contributed by atoms with Crippen LogP contribution in [0, 0.1) is 11.3 Å². The molecule has 2 fully saturated rings. The Balaban J connectivity index is 1.76. The van der Waals surface area contributed by atoms with Gasteiger partial charge in [-0.3, -0.25) is 0 Å². The summed E-state index contributed by atoms with van der Waals surface area (Å²) in [6, 6.07) is 15.4. The van der Waals surface area contributed by atoms with Crippen LogP contribution in [0.2, 0.25) is 0 Å². The molecule has 0 unspecified atom stereocenters. The lowest BCUT2D eigenvalue weighted by Crippen LogP contribution is -2.51.